The Kier molecular flexibility index (Phi) is 9.08. The highest BCUT2D eigenvalue weighted by atomic mass is 32.2. The summed E-state index contributed by atoms with van der Waals surface area (Å²) in [7, 11) is 1.64. The van der Waals surface area contributed by atoms with Crippen LogP contribution in [0.1, 0.15) is 11.1 Å². The van der Waals surface area contributed by atoms with Crippen LogP contribution in [0.5, 0.6) is 11.5 Å². The number of aromatic nitrogens is 1. The number of ether oxygens (including phenoxy) is 2. The van der Waals surface area contributed by atoms with Crippen LogP contribution in [0.2, 0.25) is 0 Å². The van der Waals surface area contributed by atoms with Gasteiger partial charge in [-0.2, -0.15) is 11.8 Å². The first-order valence-corrected chi connectivity index (χ1v) is 11.3. The Morgan fingerprint density at radius 1 is 1.14 bits per heavy atom. The van der Waals surface area contributed by atoms with Crippen LogP contribution in [0.4, 0.5) is 0 Å². The Labute approximate surface area is 177 Å². The van der Waals surface area contributed by atoms with Crippen molar-refractivity contribution in [3.05, 3.63) is 53.9 Å². The second-order valence-corrected chi connectivity index (χ2v) is 8.37. The third kappa shape index (κ3) is 7.51. The summed E-state index contributed by atoms with van der Waals surface area (Å²) < 4.78 is 11.3. The molecule has 0 saturated carbocycles. The number of β-amino-alcohol motifs (C(OH)–C–C–N with tert-alkyl or cyclic N) is 1. The molecule has 2 N–H and O–H groups in total. The normalized spacial score (nSPS) is 15.8. The Morgan fingerprint density at radius 2 is 1.93 bits per heavy atom. The average Bonchev–Trinajstić information content (AvgIpc) is 2.77. The minimum absolute atomic E-state index is 0.267. The van der Waals surface area contributed by atoms with Crippen LogP contribution in [-0.4, -0.2) is 72.5 Å². The van der Waals surface area contributed by atoms with Crippen molar-refractivity contribution < 1.29 is 14.6 Å². The highest BCUT2D eigenvalue weighted by Crippen LogP contribution is 2.28. The van der Waals surface area contributed by atoms with Crippen LogP contribution in [-0.2, 0) is 13.0 Å². The van der Waals surface area contributed by atoms with Gasteiger partial charge in [0.1, 0.15) is 12.7 Å². The highest BCUT2D eigenvalue weighted by molar-refractivity contribution is 7.99. The van der Waals surface area contributed by atoms with E-state index in [0.29, 0.717) is 18.0 Å². The summed E-state index contributed by atoms with van der Waals surface area (Å²) in [6.07, 6.45) is 4.11. The fraction of sp³-hybridized carbons (Fsp3) is 0.500. The van der Waals surface area contributed by atoms with Crippen molar-refractivity contribution in [3.63, 3.8) is 0 Å². The molecular weight excluding hydrogens is 386 g/mol. The molecule has 1 aromatic carbocycles. The fourth-order valence-corrected chi connectivity index (χ4v) is 4.26. The van der Waals surface area contributed by atoms with Gasteiger partial charge in [-0.05, 0) is 48.4 Å². The van der Waals surface area contributed by atoms with E-state index in [1.807, 2.05) is 54.5 Å². The average molecular weight is 418 g/mol. The van der Waals surface area contributed by atoms with E-state index in [1.54, 1.807) is 7.11 Å². The fourth-order valence-electron chi connectivity index (χ4n) is 3.28. The second-order valence-electron chi connectivity index (χ2n) is 7.15. The summed E-state index contributed by atoms with van der Waals surface area (Å²) in [4.78, 5) is 6.33. The number of nitrogens with one attached hydrogen (secondary N) is 1. The van der Waals surface area contributed by atoms with E-state index < -0.39 is 6.10 Å². The monoisotopic (exact) mass is 417 g/mol. The number of hydrogen-bond acceptors (Lipinski definition) is 7. The van der Waals surface area contributed by atoms with Gasteiger partial charge in [0.05, 0.1) is 7.11 Å². The Hall–Kier alpha value is -1.80. The third-order valence-electron chi connectivity index (χ3n) is 4.90. The van der Waals surface area contributed by atoms with Gasteiger partial charge < -0.3 is 19.9 Å². The van der Waals surface area contributed by atoms with Crippen molar-refractivity contribution in [2.75, 3.05) is 51.4 Å². The number of methoxy groups -OCH3 is 1. The lowest BCUT2D eigenvalue weighted by Gasteiger charge is -2.28. The van der Waals surface area contributed by atoms with Gasteiger partial charge in [0, 0.05) is 50.1 Å². The quantitative estimate of drug-likeness (QED) is 0.544. The molecule has 0 amide bonds. The molecule has 0 radical (unpaired) electrons. The molecule has 0 aliphatic carbocycles. The van der Waals surface area contributed by atoms with Gasteiger partial charge in [0.2, 0.25) is 0 Å². The Morgan fingerprint density at radius 3 is 2.69 bits per heavy atom. The maximum atomic E-state index is 10.3. The molecule has 1 aromatic heterocycles. The van der Waals surface area contributed by atoms with Gasteiger partial charge in [0.15, 0.2) is 11.5 Å². The zero-order valence-electron chi connectivity index (χ0n) is 17.0. The molecule has 0 unspecified atom stereocenters. The number of pyridine rings is 1. The summed E-state index contributed by atoms with van der Waals surface area (Å²) in [5, 5.41) is 13.7. The molecule has 0 bridgehead atoms. The molecule has 2 heterocycles. The lowest BCUT2D eigenvalue weighted by molar-refractivity contribution is 0.0705. The van der Waals surface area contributed by atoms with Gasteiger partial charge in [-0.1, -0.05) is 6.07 Å². The van der Waals surface area contributed by atoms with E-state index in [9.17, 15) is 5.11 Å². The van der Waals surface area contributed by atoms with Crippen LogP contribution < -0.4 is 14.8 Å². The van der Waals surface area contributed by atoms with E-state index in [2.05, 4.69) is 15.2 Å². The summed E-state index contributed by atoms with van der Waals surface area (Å²) in [6, 6.07) is 10.0. The predicted octanol–water partition coefficient (Wildman–Crippen LogP) is 2.21. The van der Waals surface area contributed by atoms with Crippen LogP contribution in [0.15, 0.2) is 42.7 Å². The standard InChI is InChI=1S/C22H31N3O3S/c1-27-22-14-19(15-24-9-6-18-4-7-23-8-5-18)2-3-21(22)28-17-20(26)16-25-10-12-29-13-11-25/h2-5,7-8,14,20,24,26H,6,9-13,15-17H2,1H3/t20-/m0/s1. The first kappa shape index (κ1) is 21.9. The highest BCUT2D eigenvalue weighted by Gasteiger charge is 2.16. The van der Waals surface area contributed by atoms with Crippen LogP contribution in [0, 0.1) is 0 Å². The first-order valence-electron chi connectivity index (χ1n) is 10.1. The van der Waals surface area contributed by atoms with E-state index >= 15 is 0 Å². The topological polar surface area (TPSA) is 66.8 Å². The largest absolute Gasteiger partial charge is 0.493 e. The lowest BCUT2D eigenvalue weighted by atomic mass is 10.1. The minimum Gasteiger partial charge on any atom is -0.493 e. The Balaban J connectivity index is 1.42. The van der Waals surface area contributed by atoms with Crippen LogP contribution >= 0.6 is 11.8 Å². The molecule has 29 heavy (non-hydrogen) atoms. The van der Waals surface area contributed by atoms with Gasteiger partial charge >= 0.3 is 0 Å². The molecule has 3 rings (SSSR count). The van der Waals surface area contributed by atoms with E-state index in [4.69, 9.17) is 9.47 Å². The molecule has 1 aliphatic heterocycles. The van der Waals surface area contributed by atoms with Crippen LogP contribution in [0.3, 0.4) is 0 Å². The number of nitrogens with zero attached hydrogens (tertiary/aromatic N) is 2. The van der Waals surface area contributed by atoms with E-state index in [1.165, 1.54) is 5.56 Å². The summed E-state index contributed by atoms with van der Waals surface area (Å²) in [5.41, 5.74) is 2.41. The zero-order chi connectivity index (χ0) is 20.3. The van der Waals surface area contributed by atoms with E-state index in [0.717, 1.165) is 49.7 Å². The van der Waals surface area contributed by atoms with Crippen molar-refractivity contribution >= 4 is 11.8 Å². The van der Waals surface area contributed by atoms with E-state index in [-0.39, 0.29) is 6.61 Å². The molecule has 7 heteroatoms. The van der Waals surface area contributed by atoms with Crippen LogP contribution in [0.25, 0.3) is 0 Å². The predicted molar refractivity (Wildman–Crippen MR) is 118 cm³/mol. The maximum Gasteiger partial charge on any atom is 0.161 e. The van der Waals surface area contributed by atoms with Crippen molar-refractivity contribution in [2.24, 2.45) is 0 Å². The molecule has 1 aliphatic rings. The van der Waals surface area contributed by atoms with Crippen molar-refractivity contribution in [1.29, 1.82) is 0 Å². The molecule has 2 aromatic rings. The first-order chi connectivity index (χ1) is 14.2. The molecule has 1 fully saturated rings. The molecule has 6 nitrogen and oxygen atoms in total. The summed E-state index contributed by atoms with van der Waals surface area (Å²) in [5.74, 6) is 3.64. The lowest BCUT2D eigenvalue weighted by Crippen LogP contribution is -2.40. The SMILES string of the molecule is COc1cc(CNCCc2ccncc2)ccc1OC[C@@H](O)CN1CCSCC1. The second kappa shape index (κ2) is 12.0. The van der Waals surface area contributed by atoms with Crippen molar-refractivity contribution in [2.45, 2.75) is 19.1 Å². The molecule has 1 atom stereocenters. The van der Waals surface area contributed by atoms with Gasteiger partial charge in [-0.25, -0.2) is 0 Å². The molecule has 0 spiro atoms. The number of aliphatic hydroxyl groups excluding tert-OH is 1. The number of thioether (sulfide) groups is 1. The number of rotatable bonds is 11. The summed E-state index contributed by atoms with van der Waals surface area (Å²) in [6.45, 7) is 4.65. The van der Waals surface area contributed by atoms with Gasteiger partial charge in [-0.3, -0.25) is 9.88 Å². The number of hydrogen-bond donors (Lipinski definition) is 2. The Bertz CT molecular complexity index is 726. The van der Waals surface area contributed by atoms with Gasteiger partial charge in [0.25, 0.3) is 0 Å². The number of benzene rings is 1. The third-order valence-corrected chi connectivity index (χ3v) is 5.84. The zero-order valence-corrected chi connectivity index (χ0v) is 17.9. The summed E-state index contributed by atoms with van der Waals surface area (Å²) >= 11 is 1.97. The number of aliphatic hydroxyl groups is 1. The molecule has 1 saturated heterocycles. The van der Waals surface area contributed by atoms with Gasteiger partial charge in [-0.15, -0.1) is 0 Å². The maximum absolute atomic E-state index is 10.3. The minimum atomic E-state index is -0.502. The smallest absolute Gasteiger partial charge is 0.161 e. The molecular formula is C22H31N3O3S. The van der Waals surface area contributed by atoms with Crippen molar-refractivity contribution in [3.8, 4) is 11.5 Å². The van der Waals surface area contributed by atoms with Crippen molar-refractivity contribution in [1.82, 2.24) is 15.2 Å². The molecule has 158 valence electrons.